The van der Waals surface area contributed by atoms with Gasteiger partial charge < -0.3 is 10.6 Å². The molecule has 1 amide bonds. The van der Waals surface area contributed by atoms with Crippen molar-refractivity contribution < 1.29 is 4.79 Å². The van der Waals surface area contributed by atoms with Crippen LogP contribution in [0, 0.1) is 12.8 Å². The number of aryl methyl sites for hydroxylation is 1. The molecule has 3 nitrogen and oxygen atoms in total. The maximum atomic E-state index is 11.6. The minimum atomic E-state index is 0.123. The van der Waals surface area contributed by atoms with Crippen molar-refractivity contribution in [3.63, 3.8) is 0 Å². The summed E-state index contributed by atoms with van der Waals surface area (Å²) in [6.45, 7) is 7.60. The van der Waals surface area contributed by atoms with Gasteiger partial charge in [0, 0.05) is 18.8 Å². The Balaban J connectivity index is 0.000000606. The van der Waals surface area contributed by atoms with E-state index in [1.54, 1.807) is 0 Å². The molecule has 88 valence electrons. The number of carbonyl (C=O) groups is 1. The quantitative estimate of drug-likeness (QED) is 0.802. The summed E-state index contributed by atoms with van der Waals surface area (Å²) >= 11 is 0. The van der Waals surface area contributed by atoms with Crippen LogP contribution < -0.4 is 10.6 Å². The highest BCUT2D eigenvalue weighted by molar-refractivity contribution is 5.94. The lowest BCUT2D eigenvalue weighted by Gasteiger charge is -2.26. The van der Waals surface area contributed by atoms with E-state index in [-0.39, 0.29) is 11.8 Å². The Kier molecular flexibility index (Phi) is 4.99. The normalized spacial score (nSPS) is 14.4. The highest BCUT2D eigenvalue weighted by atomic mass is 16.2. The van der Waals surface area contributed by atoms with E-state index >= 15 is 0 Å². The molecule has 0 aromatic heterocycles. The fraction of sp³-hybridized carbons (Fsp3) is 0.462. The Hall–Kier alpha value is -1.35. The lowest BCUT2D eigenvalue weighted by atomic mass is 10.0. The molecule has 1 fully saturated rings. The topological polar surface area (TPSA) is 41.1 Å². The van der Waals surface area contributed by atoms with Gasteiger partial charge >= 0.3 is 0 Å². The number of rotatable bonds is 2. The molecule has 0 unspecified atom stereocenters. The van der Waals surface area contributed by atoms with E-state index in [4.69, 9.17) is 0 Å². The lowest BCUT2D eigenvalue weighted by molar-refractivity contribution is -0.121. The van der Waals surface area contributed by atoms with E-state index in [1.807, 2.05) is 45.0 Å². The number of amides is 1. The first-order valence-electron chi connectivity index (χ1n) is 5.84. The first-order valence-corrected chi connectivity index (χ1v) is 5.84. The van der Waals surface area contributed by atoms with Crippen LogP contribution in [-0.2, 0) is 4.79 Å². The van der Waals surface area contributed by atoms with Crippen molar-refractivity contribution in [2.75, 3.05) is 18.4 Å². The highest BCUT2D eigenvalue weighted by Gasteiger charge is 2.24. The highest BCUT2D eigenvalue weighted by Crippen LogP contribution is 2.15. The maximum Gasteiger partial charge on any atom is 0.230 e. The van der Waals surface area contributed by atoms with Crippen LogP contribution >= 0.6 is 0 Å². The molecule has 1 aromatic carbocycles. The molecular formula is C13H20N2O. The van der Waals surface area contributed by atoms with Crippen LogP contribution in [0.15, 0.2) is 24.3 Å². The summed E-state index contributed by atoms with van der Waals surface area (Å²) in [7, 11) is 0. The van der Waals surface area contributed by atoms with Crippen LogP contribution in [-0.4, -0.2) is 19.0 Å². The standard InChI is InChI=1S/C11H14N2O.C2H6/c1-8-4-2-3-5-10(8)13-11(14)9-6-12-7-9;1-2/h2-5,9,12H,6-7H2,1H3,(H,13,14);1-2H3. The minimum Gasteiger partial charge on any atom is -0.326 e. The molecular weight excluding hydrogens is 200 g/mol. The molecule has 0 spiro atoms. The van der Waals surface area contributed by atoms with Crippen molar-refractivity contribution in [3.05, 3.63) is 29.8 Å². The molecule has 0 radical (unpaired) electrons. The molecule has 1 aromatic rings. The smallest absolute Gasteiger partial charge is 0.230 e. The number of hydrogen-bond donors (Lipinski definition) is 2. The van der Waals surface area contributed by atoms with Crippen LogP contribution in [0.1, 0.15) is 19.4 Å². The van der Waals surface area contributed by atoms with E-state index in [0.29, 0.717) is 0 Å². The molecule has 0 aliphatic carbocycles. The Bertz CT molecular complexity index is 346. The predicted octanol–water partition coefficient (Wildman–Crippen LogP) is 2.18. The molecule has 1 saturated heterocycles. The molecule has 1 aliphatic heterocycles. The van der Waals surface area contributed by atoms with Crippen molar-refractivity contribution in [2.24, 2.45) is 5.92 Å². The minimum absolute atomic E-state index is 0.123. The summed E-state index contributed by atoms with van der Waals surface area (Å²) in [4.78, 5) is 11.6. The van der Waals surface area contributed by atoms with Gasteiger partial charge in [0.25, 0.3) is 0 Å². The molecule has 0 atom stereocenters. The van der Waals surface area contributed by atoms with Crippen LogP contribution in [0.2, 0.25) is 0 Å². The zero-order valence-corrected chi connectivity index (χ0v) is 10.2. The molecule has 1 heterocycles. The van der Waals surface area contributed by atoms with Crippen LogP contribution in [0.4, 0.5) is 5.69 Å². The summed E-state index contributed by atoms with van der Waals surface area (Å²) in [6.07, 6.45) is 0. The summed E-state index contributed by atoms with van der Waals surface area (Å²) < 4.78 is 0. The molecule has 2 N–H and O–H groups in total. The van der Waals surface area contributed by atoms with E-state index in [0.717, 1.165) is 24.3 Å². The van der Waals surface area contributed by atoms with Gasteiger partial charge in [-0.3, -0.25) is 4.79 Å². The Morgan fingerprint density at radius 1 is 1.31 bits per heavy atom. The van der Waals surface area contributed by atoms with Gasteiger partial charge in [0.05, 0.1) is 5.92 Å². The van der Waals surface area contributed by atoms with Crippen LogP contribution in [0.3, 0.4) is 0 Å². The lowest BCUT2D eigenvalue weighted by Crippen LogP contribution is -2.48. The van der Waals surface area contributed by atoms with E-state index in [9.17, 15) is 4.79 Å². The van der Waals surface area contributed by atoms with Gasteiger partial charge in [-0.15, -0.1) is 0 Å². The second-order valence-electron chi connectivity index (χ2n) is 3.66. The zero-order chi connectivity index (χ0) is 12.0. The Morgan fingerprint density at radius 3 is 2.44 bits per heavy atom. The molecule has 0 saturated carbocycles. The first-order chi connectivity index (χ1) is 7.77. The number of para-hydroxylation sites is 1. The molecule has 1 aliphatic rings. The number of anilines is 1. The molecule has 2 rings (SSSR count). The first kappa shape index (κ1) is 12.7. The summed E-state index contributed by atoms with van der Waals surface area (Å²) in [6, 6.07) is 7.82. The Labute approximate surface area is 97.2 Å². The van der Waals surface area contributed by atoms with Gasteiger partial charge in [0.1, 0.15) is 0 Å². The molecule has 16 heavy (non-hydrogen) atoms. The average molecular weight is 220 g/mol. The number of benzene rings is 1. The number of nitrogens with one attached hydrogen (secondary N) is 2. The van der Waals surface area contributed by atoms with E-state index in [1.165, 1.54) is 0 Å². The number of carbonyl (C=O) groups excluding carboxylic acids is 1. The van der Waals surface area contributed by atoms with Gasteiger partial charge in [0.15, 0.2) is 0 Å². The SMILES string of the molecule is CC.Cc1ccccc1NC(=O)C1CNC1. The monoisotopic (exact) mass is 220 g/mol. The predicted molar refractivity (Wildman–Crippen MR) is 67.5 cm³/mol. The van der Waals surface area contributed by atoms with Crippen molar-refractivity contribution in [1.82, 2.24) is 5.32 Å². The fourth-order valence-electron chi connectivity index (χ4n) is 1.42. The van der Waals surface area contributed by atoms with E-state index < -0.39 is 0 Å². The third-order valence-electron chi connectivity index (χ3n) is 2.56. The fourth-order valence-corrected chi connectivity index (χ4v) is 1.42. The summed E-state index contributed by atoms with van der Waals surface area (Å²) in [5.41, 5.74) is 2.03. The van der Waals surface area contributed by atoms with Crippen LogP contribution in [0.25, 0.3) is 0 Å². The van der Waals surface area contributed by atoms with Crippen molar-refractivity contribution >= 4 is 11.6 Å². The van der Waals surface area contributed by atoms with Gasteiger partial charge in [-0.05, 0) is 18.6 Å². The van der Waals surface area contributed by atoms with Gasteiger partial charge in [-0.1, -0.05) is 32.0 Å². The summed E-state index contributed by atoms with van der Waals surface area (Å²) in [5, 5.41) is 6.01. The second-order valence-corrected chi connectivity index (χ2v) is 3.66. The largest absolute Gasteiger partial charge is 0.326 e. The second kappa shape index (κ2) is 6.28. The third kappa shape index (κ3) is 3.07. The van der Waals surface area contributed by atoms with Crippen molar-refractivity contribution in [2.45, 2.75) is 20.8 Å². The van der Waals surface area contributed by atoms with Gasteiger partial charge in [0.2, 0.25) is 5.91 Å². The maximum absolute atomic E-state index is 11.6. The summed E-state index contributed by atoms with van der Waals surface area (Å²) in [5.74, 6) is 0.271. The van der Waals surface area contributed by atoms with Crippen molar-refractivity contribution in [3.8, 4) is 0 Å². The van der Waals surface area contributed by atoms with Gasteiger partial charge in [-0.2, -0.15) is 0 Å². The molecule has 0 bridgehead atoms. The molecule has 3 heteroatoms. The van der Waals surface area contributed by atoms with E-state index in [2.05, 4.69) is 10.6 Å². The van der Waals surface area contributed by atoms with Crippen molar-refractivity contribution in [1.29, 1.82) is 0 Å². The van der Waals surface area contributed by atoms with Crippen LogP contribution in [0.5, 0.6) is 0 Å². The number of hydrogen-bond acceptors (Lipinski definition) is 2. The Morgan fingerprint density at radius 2 is 1.94 bits per heavy atom. The van der Waals surface area contributed by atoms with Gasteiger partial charge in [-0.25, -0.2) is 0 Å². The zero-order valence-electron chi connectivity index (χ0n) is 10.2. The average Bonchev–Trinajstić information content (AvgIpc) is 2.22. The third-order valence-corrected chi connectivity index (χ3v) is 2.56.